The first-order valence-corrected chi connectivity index (χ1v) is 12.2. The van der Waals surface area contributed by atoms with Gasteiger partial charge in [-0.3, -0.25) is 4.79 Å². The van der Waals surface area contributed by atoms with Crippen molar-refractivity contribution in [1.29, 1.82) is 0 Å². The number of aromatic amines is 1. The van der Waals surface area contributed by atoms with Gasteiger partial charge in [-0.2, -0.15) is 5.10 Å². The zero-order valence-corrected chi connectivity index (χ0v) is 20.9. The summed E-state index contributed by atoms with van der Waals surface area (Å²) < 4.78 is 1.67. The standard InChI is InChI=1S/C29H24ClN5O3/c30-21-4-3-5-23(15-21)35-17-19(28(34-35)18-8-11-22(31)12-9-18)10-13-27(36)33-26(29(37)38)14-20-16-32-25-7-2-1-6-24(20)25/h1-13,15-17,26,32H,14,31H2,(H,33,36)(H,37,38)/b13-10-/t26-/m0/s1. The maximum absolute atomic E-state index is 12.8. The highest BCUT2D eigenvalue weighted by molar-refractivity contribution is 6.30. The van der Waals surface area contributed by atoms with Crippen molar-refractivity contribution in [2.75, 3.05) is 5.73 Å². The van der Waals surface area contributed by atoms with Gasteiger partial charge in [0.2, 0.25) is 5.91 Å². The number of carboxylic acid groups (broad SMARTS) is 1. The van der Waals surface area contributed by atoms with E-state index in [1.54, 1.807) is 47.4 Å². The highest BCUT2D eigenvalue weighted by Gasteiger charge is 2.21. The second kappa shape index (κ2) is 10.7. The number of nitrogens with two attached hydrogens (primary N) is 1. The molecule has 2 aromatic heterocycles. The number of rotatable bonds is 8. The lowest BCUT2D eigenvalue weighted by Gasteiger charge is -2.12. The molecule has 3 aromatic carbocycles. The number of hydrogen-bond donors (Lipinski definition) is 4. The van der Waals surface area contributed by atoms with Gasteiger partial charge in [-0.05, 0) is 48.0 Å². The minimum Gasteiger partial charge on any atom is -0.480 e. The Hall–Kier alpha value is -4.82. The van der Waals surface area contributed by atoms with Crippen LogP contribution in [0, 0.1) is 0 Å². The second-order valence-corrected chi connectivity index (χ2v) is 9.21. The number of aliphatic carboxylic acids is 1. The molecule has 0 aliphatic carbocycles. The van der Waals surface area contributed by atoms with Gasteiger partial charge in [0.15, 0.2) is 0 Å². The Bertz CT molecular complexity index is 1650. The van der Waals surface area contributed by atoms with Crippen molar-refractivity contribution in [3.63, 3.8) is 0 Å². The maximum atomic E-state index is 12.8. The molecule has 0 aliphatic heterocycles. The van der Waals surface area contributed by atoms with Gasteiger partial charge in [0, 0.05) is 57.6 Å². The van der Waals surface area contributed by atoms with Crippen LogP contribution in [0.25, 0.3) is 33.9 Å². The van der Waals surface area contributed by atoms with E-state index in [1.165, 1.54) is 6.08 Å². The van der Waals surface area contributed by atoms with E-state index in [-0.39, 0.29) is 6.42 Å². The summed E-state index contributed by atoms with van der Waals surface area (Å²) in [4.78, 5) is 27.9. The van der Waals surface area contributed by atoms with Gasteiger partial charge < -0.3 is 21.1 Å². The summed E-state index contributed by atoms with van der Waals surface area (Å²) in [5, 5.41) is 18.6. The average molecular weight is 526 g/mol. The van der Waals surface area contributed by atoms with Gasteiger partial charge in [0.1, 0.15) is 6.04 Å². The topological polar surface area (TPSA) is 126 Å². The van der Waals surface area contributed by atoms with Crippen LogP contribution in [0.2, 0.25) is 5.02 Å². The molecule has 9 heteroatoms. The summed E-state index contributed by atoms with van der Waals surface area (Å²) in [6.07, 6.45) is 6.61. The molecular weight excluding hydrogens is 502 g/mol. The van der Waals surface area contributed by atoms with Crippen molar-refractivity contribution in [2.24, 2.45) is 0 Å². The maximum Gasteiger partial charge on any atom is 0.326 e. The van der Waals surface area contributed by atoms with Crippen molar-refractivity contribution in [1.82, 2.24) is 20.1 Å². The molecule has 0 unspecified atom stereocenters. The van der Waals surface area contributed by atoms with E-state index < -0.39 is 17.9 Å². The number of nitrogens with zero attached hydrogens (tertiary/aromatic N) is 2. The Kier molecular flexibility index (Phi) is 6.97. The van der Waals surface area contributed by atoms with E-state index in [1.807, 2.05) is 48.5 Å². The van der Waals surface area contributed by atoms with Crippen LogP contribution in [0.3, 0.4) is 0 Å². The largest absolute Gasteiger partial charge is 0.480 e. The monoisotopic (exact) mass is 525 g/mol. The minimum absolute atomic E-state index is 0.141. The van der Waals surface area contributed by atoms with E-state index in [0.29, 0.717) is 22.0 Å². The number of aromatic nitrogens is 3. The molecule has 0 aliphatic rings. The number of benzene rings is 3. The predicted molar refractivity (Wildman–Crippen MR) is 149 cm³/mol. The molecule has 8 nitrogen and oxygen atoms in total. The average Bonchev–Trinajstić information content (AvgIpc) is 3.52. The zero-order valence-electron chi connectivity index (χ0n) is 20.1. The van der Waals surface area contributed by atoms with Crippen molar-refractivity contribution in [3.8, 4) is 16.9 Å². The smallest absolute Gasteiger partial charge is 0.326 e. The highest BCUT2D eigenvalue weighted by Crippen LogP contribution is 2.26. The first kappa shape index (κ1) is 24.9. The van der Waals surface area contributed by atoms with Crippen LogP contribution in [0.5, 0.6) is 0 Å². The van der Waals surface area contributed by atoms with Gasteiger partial charge >= 0.3 is 5.97 Å². The van der Waals surface area contributed by atoms with E-state index in [4.69, 9.17) is 22.4 Å². The number of carbonyl (C=O) groups excluding carboxylic acids is 1. The molecule has 0 spiro atoms. The third-order valence-corrected chi connectivity index (χ3v) is 6.36. The summed E-state index contributed by atoms with van der Waals surface area (Å²) in [6.45, 7) is 0. The number of nitrogens with one attached hydrogen (secondary N) is 2. The number of carbonyl (C=O) groups is 2. The molecule has 5 N–H and O–H groups in total. The third-order valence-electron chi connectivity index (χ3n) is 6.13. The second-order valence-electron chi connectivity index (χ2n) is 8.78. The quantitative estimate of drug-likeness (QED) is 0.166. The van der Waals surface area contributed by atoms with Crippen molar-refractivity contribution in [3.05, 3.63) is 107 Å². The SMILES string of the molecule is Nc1ccc(-c2nn(-c3cccc(Cl)c3)cc2/C=C\C(=O)N[C@@H](Cc2c[nH]c3ccccc23)C(=O)O)cc1. The Balaban J connectivity index is 1.40. The Morgan fingerprint density at radius 2 is 1.89 bits per heavy atom. The number of carboxylic acids is 1. The summed E-state index contributed by atoms with van der Waals surface area (Å²) in [6, 6.07) is 21.0. The lowest BCUT2D eigenvalue weighted by Crippen LogP contribution is -2.41. The molecule has 0 saturated heterocycles. The van der Waals surface area contributed by atoms with Crippen LogP contribution in [0.15, 0.2) is 91.3 Å². The number of fused-ring (bicyclic) bond motifs is 1. The molecule has 1 atom stereocenters. The molecule has 5 rings (SSSR count). The molecule has 2 heterocycles. The first-order valence-electron chi connectivity index (χ1n) is 11.9. The number of hydrogen-bond acceptors (Lipinski definition) is 4. The summed E-state index contributed by atoms with van der Waals surface area (Å²) in [7, 11) is 0. The summed E-state index contributed by atoms with van der Waals surface area (Å²) in [5.41, 5.74) is 11.0. The third kappa shape index (κ3) is 5.45. The zero-order chi connectivity index (χ0) is 26.6. The first-order chi connectivity index (χ1) is 18.4. The van der Waals surface area contributed by atoms with Crippen LogP contribution in [0.1, 0.15) is 11.1 Å². The fourth-order valence-corrected chi connectivity index (χ4v) is 4.42. The predicted octanol–water partition coefficient (Wildman–Crippen LogP) is 5.08. The molecular formula is C29H24ClN5O3. The fourth-order valence-electron chi connectivity index (χ4n) is 4.23. The molecule has 38 heavy (non-hydrogen) atoms. The van der Waals surface area contributed by atoms with Crippen LogP contribution < -0.4 is 11.1 Å². The number of para-hydroxylation sites is 1. The van der Waals surface area contributed by atoms with Crippen molar-refractivity contribution >= 4 is 46.1 Å². The molecule has 190 valence electrons. The fraction of sp³-hybridized carbons (Fsp3) is 0.0690. The van der Waals surface area contributed by atoms with E-state index >= 15 is 0 Å². The molecule has 0 saturated carbocycles. The Labute approximate surface area is 223 Å². The number of anilines is 1. The summed E-state index contributed by atoms with van der Waals surface area (Å²) in [5.74, 6) is -1.65. The lowest BCUT2D eigenvalue weighted by molar-refractivity contribution is -0.141. The van der Waals surface area contributed by atoms with Gasteiger partial charge in [-0.15, -0.1) is 0 Å². The Morgan fingerprint density at radius 1 is 1.11 bits per heavy atom. The number of halogens is 1. The van der Waals surface area contributed by atoms with Gasteiger partial charge in [-0.1, -0.05) is 48.0 Å². The Morgan fingerprint density at radius 3 is 2.66 bits per heavy atom. The van der Waals surface area contributed by atoms with Crippen LogP contribution >= 0.6 is 11.6 Å². The lowest BCUT2D eigenvalue weighted by atomic mass is 10.0. The van der Waals surface area contributed by atoms with E-state index in [0.717, 1.165) is 27.7 Å². The van der Waals surface area contributed by atoms with E-state index in [9.17, 15) is 14.7 Å². The summed E-state index contributed by atoms with van der Waals surface area (Å²) >= 11 is 6.16. The minimum atomic E-state index is -1.12. The van der Waals surface area contributed by atoms with Crippen molar-refractivity contribution in [2.45, 2.75) is 12.5 Å². The molecule has 0 radical (unpaired) electrons. The highest BCUT2D eigenvalue weighted by atomic mass is 35.5. The molecule has 0 fully saturated rings. The molecule has 1 amide bonds. The van der Waals surface area contributed by atoms with Crippen LogP contribution in [-0.4, -0.2) is 37.8 Å². The van der Waals surface area contributed by atoms with Crippen LogP contribution in [-0.2, 0) is 16.0 Å². The van der Waals surface area contributed by atoms with Gasteiger partial charge in [0.25, 0.3) is 0 Å². The number of amides is 1. The normalized spacial score (nSPS) is 12.1. The van der Waals surface area contributed by atoms with Gasteiger partial charge in [0.05, 0.1) is 11.4 Å². The van der Waals surface area contributed by atoms with Crippen molar-refractivity contribution < 1.29 is 14.7 Å². The molecule has 5 aromatic rings. The number of nitrogen functional groups attached to an aromatic ring is 1. The number of H-pyrrole nitrogens is 1. The van der Waals surface area contributed by atoms with Gasteiger partial charge in [-0.25, -0.2) is 9.48 Å². The molecule has 0 bridgehead atoms. The van der Waals surface area contributed by atoms with E-state index in [2.05, 4.69) is 10.3 Å². The van der Waals surface area contributed by atoms with Crippen LogP contribution in [0.4, 0.5) is 5.69 Å².